The number of H-pyrrole nitrogens is 1. The van der Waals surface area contributed by atoms with Crippen molar-refractivity contribution in [3.8, 4) is 5.75 Å². The molecule has 1 saturated heterocycles. The first kappa shape index (κ1) is 17.7. The SMILES string of the molecule is O=c1cc[nH]cc1.Oc1ccc(C(O)CN2C[C@H]3CCC[C@H]3C2)cc1. The maximum atomic E-state index is 10.2. The fraction of sp³-hybridized carbons (Fsp3) is 0.450. The van der Waals surface area contributed by atoms with Crippen LogP contribution in [-0.4, -0.2) is 39.7 Å². The lowest BCUT2D eigenvalue weighted by molar-refractivity contribution is 0.122. The van der Waals surface area contributed by atoms with Gasteiger partial charge < -0.3 is 15.2 Å². The predicted molar refractivity (Wildman–Crippen MR) is 97.4 cm³/mol. The molecule has 5 nitrogen and oxygen atoms in total. The number of pyridine rings is 1. The van der Waals surface area contributed by atoms with Gasteiger partial charge in [-0.2, -0.15) is 0 Å². The van der Waals surface area contributed by atoms with Crippen molar-refractivity contribution in [1.29, 1.82) is 0 Å². The number of fused-ring (bicyclic) bond motifs is 1. The summed E-state index contributed by atoms with van der Waals surface area (Å²) in [7, 11) is 0. The van der Waals surface area contributed by atoms with Gasteiger partial charge in [0, 0.05) is 44.2 Å². The minimum Gasteiger partial charge on any atom is -0.508 e. The molecule has 0 bridgehead atoms. The van der Waals surface area contributed by atoms with E-state index >= 15 is 0 Å². The summed E-state index contributed by atoms with van der Waals surface area (Å²) in [5, 5.41) is 19.5. The van der Waals surface area contributed by atoms with Crippen LogP contribution in [0.4, 0.5) is 0 Å². The van der Waals surface area contributed by atoms with Crippen LogP contribution in [0.2, 0.25) is 0 Å². The van der Waals surface area contributed by atoms with E-state index in [4.69, 9.17) is 0 Å². The molecule has 2 aromatic rings. The van der Waals surface area contributed by atoms with Crippen LogP contribution in [0, 0.1) is 11.8 Å². The van der Waals surface area contributed by atoms with E-state index < -0.39 is 6.10 Å². The Morgan fingerprint density at radius 2 is 1.64 bits per heavy atom. The van der Waals surface area contributed by atoms with Crippen LogP contribution < -0.4 is 5.43 Å². The zero-order valence-corrected chi connectivity index (χ0v) is 14.3. The van der Waals surface area contributed by atoms with Crippen LogP contribution in [0.3, 0.4) is 0 Å². The molecule has 4 rings (SSSR count). The molecule has 3 atom stereocenters. The number of phenols is 1. The van der Waals surface area contributed by atoms with E-state index in [1.54, 1.807) is 36.7 Å². The van der Waals surface area contributed by atoms with Crippen LogP contribution in [0.15, 0.2) is 53.6 Å². The zero-order chi connectivity index (χ0) is 17.6. The Morgan fingerprint density at radius 1 is 1.04 bits per heavy atom. The Bertz CT molecular complexity index is 684. The highest BCUT2D eigenvalue weighted by Gasteiger charge is 2.36. The number of nitrogens with one attached hydrogen (secondary N) is 1. The molecule has 25 heavy (non-hydrogen) atoms. The smallest absolute Gasteiger partial charge is 0.181 e. The molecule has 1 aliphatic carbocycles. The summed E-state index contributed by atoms with van der Waals surface area (Å²) in [6, 6.07) is 9.82. The number of phenolic OH excluding ortho intramolecular Hbond substituents is 1. The van der Waals surface area contributed by atoms with Gasteiger partial charge in [-0.05, 0) is 42.4 Å². The fourth-order valence-electron chi connectivity index (χ4n) is 3.90. The standard InChI is InChI=1S/C15H21NO2.C5H5NO/c17-14-6-4-11(5-7-14)15(18)10-16-8-12-2-1-3-13(12)9-16;7-5-1-3-6-4-2-5/h4-7,12-13,15,17-18H,1-3,8-10H2;1-4H,(H,6,7)/t12-,13+,15?;. The number of likely N-dealkylation sites (tertiary alicyclic amines) is 1. The number of β-amino-alcohol motifs (C(OH)–C–C–N with tert-alkyl or cyclic N) is 1. The Kier molecular flexibility index (Phi) is 5.89. The number of nitrogens with zero attached hydrogens (tertiary/aromatic N) is 1. The van der Waals surface area contributed by atoms with E-state index in [2.05, 4.69) is 9.88 Å². The van der Waals surface area contributed by atoms with Crippen molar-refractivity contribution in [2.45, 2.75) is 25.4 Å². The average molecular weight is 342 g/mol. The molecule has 1 saturated carbocycles. The van der Waals surface area contributed by atoms with E-state index in [0.717, 1.165) is 37.0 Å². The first-order valence-corrected chi connectivity index (χ1v) is 8.94. The number of aliphatic hydroxyl groups excluding tert-OH is 1. The molecule has 0 spiro atoms. The van der Waals surface area contributed by atoms with Crippen LogP contribution in [0.5, 0.6) is 5.75 Å². The quantitative estimate of drug-likeness (QED) is 0.801. The predicted octanol–water partition coefficient (Wildman–Crippen LogP) is 2.53. The molecule has 134 valence electrons. The van der Waals surface area contributed by atoms with Crippen LogP contribution in [-0.2, 0) is 0 Å². The zero-order valence-electron chi connectivity index (χ0n) is 14.3. The lowest BCUT2D eigenvalue weighted by Gasteiger charge is -2.21. The molecule has 1 aromatic carbocycles. The Balaban J connectivity index is 0.000000219. The summed E-state index contributed by atoms with van der Waals surface area (Å²) in [5.74, 6) is 2.00. The number of benzene rings is 1. The van der Waals surface area contributed by atoms with Crippen molar-refractivity contribution in [3.05, 3.63) is 64.6 Å². The van der Waals surface area contributed by atoms with Gasteiger partial charge in [0.05, 0.1) is 6.10 Å². The maximum Gasteiger partial charge on any atom is 0.181 e. The van der Waals surface area contributed by atoms with E-state index in [9.17, 15) is 15.0 Å². The number of aromatic hydroxyl groups is 1. The number of aromatic amines is 1. The number of hydrogen-bond acceptors (Lipinski definition) is 4. The molecule has 2 fully saturated rings. The van der Waals surface area contributed by atoms with Crippen LogP contribution in [0.25, 0.3) is 0 Å². The monoisotopic (exact) mass is 342 g/mol. The second kappa shape index (κ2) is 8.32. The topological polar surface area (TPSA) is 76.6 Å². The van der Waals surface area contributed by atoms with Crippen molar-refractivity contribution in [2.75, 3.05) is 19.6 Å². The molecule has 1 aromatic heterocycles. The van der Waals surface area contributed by atoms with Gasteiger partial charge in [0.2, 0.25) is 0 Å². The molecular weight excluding hydrogens is 316 g/mol. The van der Waals surface area contributed by atoms with E-state index in [0.29, 0.717) is 0 Å². The van der Waals surface area contributed by atoms with Crippen LogP contribution in [0.1, 0.15) is 30.9 Å². The first-order chi connectivity index (χ1) is 12.1. The summed E-state index contributed by atoms with van der Waals surface area (Å²) in [6.07, 6.45) is 6.89. The molecule has 2 heterocycles. The minimum atomic E-state index is -0.440. The second-order valence-corrected chi connectivity index (χ2v) is 7.01. The Morgan fingerprint density at radius 3 is 2.16 bits per heavy atom. The normalized spacial score (nSPS) is 23.6. The highest BCUT2D eigenvalue weighted by atomic mass is 16.3. The average Bonchev–Trinajstić information content (AvgIpc) is 3.18. The third-order valence-electron chi connectivity index (χ3n) is 5.20. The van der Waals surface area contributed by atoms with Gasteiger partial charge >= 0.3 is 0 Å². The molecular formula is C20H26N2O3. The molecule has 0 amide bonds. The Hall–Kier alpha value is -2.11. The lowest BCUT2D eigenvalue weighted by Crippen LogP contribution is -2.27. The van der Waals surface area contributed by atoms with Gasteiger partial charge in [0.25, 0.3) is 0 Å². The third kappa shape index (κ3) is 4.94. The van der Waals surface area contributed by atoms with Gasteiger partial charge in [-0.25, -0.2) is 0 Å². The van der Waals surface area contributed by atoms with Crippen LogP contribution >= 0.6 is 0 Å². The Labute approximate surface area is 147 Å². The molecule has 1 aliphatic heterocycles. The molecule has 2 aliphatic rings. The molecule has 1 unspecified atom stereocenters. The van der Waals surface area contributed by atoms with Crippen molar-refractivity contribution >= 4 is 0 Å². The minimum absolute atomic E-state index is 0.0405. The summed E-state index contributed by atoms with van der Waals surface area (Å²) in [6.45, 7) is 3.03. The number of aliphatic hydroxyl groups is 1. The van der Waals surface area contributed by atoms with E-state index in [1.165, 1.54) is 31.4 Å². The lowest BCUT2D eigenvalue weighted by atomic mass is 10.0. The largest absolute Gasteiger partial charge is 0.508 e. The number of hydrogen-bond donors (Lipinski definition) is 3. The molecule has 5 heteroatoms. The van der Waals surface area contributed by atoms with Crippen molar-refractivity contribution in [3.63, 3.8) is 0 Å². The fourth-order valence-corrected chi connectivity index (χ4v) is 3.90. The van der Waals surface area contributed by atoms with Gasteiger partial charge in [-0.1, -0.05) is 18.6 Å². The summed E-state index contributed by atoms with van der Waals surface area (Å²) in [4.78, 5) is 15.4. The highest BCUT2D eigenvalue weighted by Crippen LogP contribution is 2.38. The van der Waals surface area contributed by atoms with Gasteiger partial charge in [-0.3, -0.25) is 9.69 Å². The van der Waals surface area contributed by atoms with Gasteiger partial charge in [0.1, 0.15) is 5.75 Å². The van der Waals surface area contributed by atoms with E-state index in [1.807, 2.05) is 0 Å². The molecule has 3 N–H and O–H groups in total. The molecule has 0 radical (unpaired) electrons. The van der Waals surface area contributed by atoms with Gasteiger partial charge in [-0.15, -0.1) is 0 Å². The van der Waals surface area contributed by atoms with Gasteiger partial charge in [0.15, 0.2) is 5.43 Å². The number of rotatable bonds is 3. The first-order valence-electron chi connectivity index (χ1n) is 8.94. The summed E-state index contributed by atoms with van der Waals surface area (Å²) in [5.41, 5.74) is 0.934. The van der Waals surface area contributed by atoms with Crippen molar-refractivity contribution in [1.82, 2.24) is 9.88 Å². The summed E-state index contributed by atoms with van der Waals surface area (Å²) < 4.78 is 0. The van der Waals surface area contributed by atoms with E-state index in [-0.39, 0.29) is 11.2 Å². The second-order valence-electron chi connectivity index (χ2n) is 7.01. The number of aromatic nitrogens is 1. The highest BCUT2D eigenvalue weighted by molar-refractivity contribution is 5.27. The maximum absolute atomic E-state index is 10.2. The van der Waals surface area contributed by atoms with Crippen molar-refractivity contribution < 1.29 is 10.2 Å². The van der Waals surface area contributed by atoms with Crippen molar-refractivity contribution in [2.24, 2.45) is 11.8 Å². The third-order valence-corrected chi connectivity index (χ3v) is 5.20. The summed E-state index contributed by atoms with van der Waals surface area (Å²) >= 11 is 0.